The van der Waals surface area contributed by atoms with Crippen molar-refractivity contribution in [3.63, 3.8) is 0 Å². The van der Waals surface area contributed by atoms with Gasteiger partial charge in [-0.3, -0.25) is 9.52 Å². The average molecular weight is 437 g/mol. The second kappa shape index (κ2) is 7.40. The number of halogens is 1. The number of carbonyl (C=O) groups excluding carboxylic acids is 1. The highest BCUT2D eigenvalue weighted by atomic mass is 79.9. The molecule has 3 rings (SSSR count). The Hall–Kier alpha value is -1.86. The van der Waals surface area contributed by atoms with Gasteiger partial charge in [-0.05, 0) is 48.6 Å². The maximum atomic E-state index is 12.7. The van der Waals surface area contributed by atoms with Crippen molar-refractivity contribution in [1.82, 2.24) is 5.32 Å². The second-order valence-electron chi connectivity index (χ2n) is 6.70. The fourth-order valence-electron chi connectivity index (χ4n) is 3.26. The predicted molar refractivity (Wildman–Crippen MR) is 106 cm³/mol. The maximum Gasteiger partial charge on any atom is 0.229 e. The van der Waals surface area contributed by atoms with E-state index in [1.165, 1.54) is 0 Å². The quantitative estimate of drug-likeness (QED) is 0.726. The van der Waals surface area contributed by atoms with E-state index in [0.717, 1.165) is 35.6 Å². The molecule has 2 aromatic rings. The van der Waals surface area contributed by atoms with Crippen LogP contribution in [0.2, 0.25) is 0 Å². The number of nitrogens with one attached hydrogen (secondary N) is 2. The van der Waals surface area contributed by atoms with E-state index in [4.69, 9.17) is 0 Å². The number of amides is 1. The van der Waals surface area contributed by atoms with Crippen LogP contribution in [0.15, 0.2) is 53.0 Å². The molecule has 1 saturated carbocycles. The smallest absolute Gasteiger partial charge is 0.229 e. The summed E-state index contributed by atoms with van der Waals surface area (Å²) in [5.74, 6) is -0.118. The molecule has 1 aliphatic carbocycles. The molecule has 0 heterocycles. The summed E-state index contributed by atoms with van der Waals surface area (Å²) in [6.45, 7) is 0. The normalized spacial score (nSPS) is 15.8. The lowest BCUT2D eigenvalue weighted by Crippen LogP contribution is -2.51. The van der Waals surface area contributed by atoms with Crippen molar-refractivity contribution in [3.05, 3.63) is 64.1 Å². The molecule has 0 atom stereocenters. The van der Waals surface area contributed by atoms with Crippen LogP contribution in [0.25, 0.3) is 0 Å². The van der Waals surface area contributed by atoms with Crippen LogP contribution in [0.4, 0.5) is 5.69 Å². The summed E-state index contributed by atoms with van der Waals surface area (Å²) in [5, 5.41) is 3.17. The lowest BCUT2D eigenvalue weighted by molar-refractivity contribution is -0.123. The molecule has 2 N–H and O–H groups in total. The summed E-state index contributed by atoms with van der Waals surface area (Å²) >= 11 is 3.49. The van der Waals surface area contributed by atoms with Crippen molar-refractivity contribution < 1.29 is 13.2 Å². The van der Waals surface area contributed by atoms with E-state index in [0.29, 0.717) is 11.3 Å². The van der Waals surface area contributed by atoms with E-state index in [1.54, 1.807) is 24.3 Å². The van der Waals surface area contributed by atoms with Gasteiger partial charge in [0.25, 0.3) is 0 Å². The number of hydrogen-bond acceptors (Lipinski definition) is 3. The Bertz CT molecular complexity index is 924. The average Bonchev–Trinajstić information content (AvgIpc) is 2.51. The molecule has 0 bridgehead atoms. The van der Waals surface area contributed by atoms with E-state index in [-0.39, 0.29) is 17.9 Å². The minimum atomic E-state index is -3.40. The van der Waals surface area contributed by atoms with Gasteiger partial charge in [-0.15, -0.1) is 0 Å². The number of rotatable bonds is 6. The first kappa shape index (κ1) is 18.9. The van der Waals surface area contributed by atoms with Crippen LogP contribution in [0.1, 0.15) is 30.4 Å². The highest BCUT2D eigenvalue weighted by Gasteiger charge is 2.40. The molecule has 0 aromatic heterocycles. The zero-order chi connectivity index (χ0) is 18.8. The van der Waals surface area contributed by atoms with Gasteiger partial charge in [-0.25, -0.2) is 8.42 Å². The van der Waals surface area contributed by atoms with Crippen LogP contribution in [-0.4, -0.2) is 20.6 Å². The van der Waals surface area contributed by atoms with E-state index >= 15 is 0 Å². The summed E-state index contributed by atoms with van der Waals surface area (Å²) in [6.07, 6.45) is 4.09. The zero-order valence-electron chi connectivity index (χ0n) is 14.5. The fourth-order valence-corrected chi connectivity index (χ4v) is 4.26. The van der Waals surface area contributed by atoms with Crippen LogP contribution in [0.3, 0.4) is 0 Å². The third kappa shape index (κ3) is 4.45. The van der Waals surface area contributed by atoms with Crippen molar-refractivity contribution in [1.29, 1.82) is 0 Å². The minimum Gasteiger partial charge on any atom is -0.346 e. The number of para-hydroxylation sites is 1. The lowest BCUT2D eigenvalue weighted by atomic mass is 9.71. The lowest BCUT2D eigenvalue weighted by Gasteiger charge is -2.43. The Kier molecular flexibility index (Phi) is 5.39. The molecule has 0 spiro atoms. The van der Waals surface area contributed by atoms with Crippen LogP contribution >= 0.6 is 15.9 Å². The molecule has 26 heavy (non-hydrogen) atoms. The molecule has 138 valence electrons. The zero-order valence-corrected chi connectivity index (χ0v) is 16.9. The Morgan fingerprint density at radius 3 is 2.50 bits per heavy atom. The van der Waals surface area contributed by atoms with Crippen molar-refractivity contribution >= 4 is 37.5 Å². The molecule has 0 saturated heterocycles. The largest absolute Gasteiger partial charge is 0.346 e. The van der Waals surface area contributed by atoms with Crippen molar-refractivity contribution in [2.75, 3.05) is 11.0 Å². The molecule has 0 aliphatic heterocycles. The summed E-state index contributed by atoms with van der Waals surface area (Å²) in [6, 6.07) is 15.0. The van der Waals surface area contributed by atoms with Crippen LogP contribution < -0.4 is 10.0 Å². The number of sulfonamides is 1. The second-order valence-corrected chi connectivity index (χ2v) is 9.37. The standard InChI is InChI=1S/C19H21BrN2O3S/c1-26(24,25)22-17-9-3-2-6-14(17)12-18(23)21-19(10-5-11-19)15-7-4-8-16(20)13-15/h2-4,6-9,13,22H,5,10-12H2,1H3,(H,21,23). The van der Waals surface area contributed by atoms with Gasteiger partial charge in [0.2, 0.25) is 15.9 Å². The number of hydrogen-bond donors (Lipinski definition) is 2. The van der Waals surface area contributed by atoms with E-state index in [2.05, 4.69) is 26.0 Å². The van der Waals surface area contributed by atoms with E-state index in [9.17, 15) is 13.2 Å². The molecule has 0 radical (unpaired) electrons. The molecule has 1 amide bonds. The first-order valence-electron chi connectivity index (χ1n) is 8.40. The highest BCUT2D eigenvalue weighted by molar-refractivity contribution is 9.10. The Labute approximate surface area is 162 Å². The van der Waals surface area contributed by atoms with Crippen LogP contribution in [0, 0.1) is 0 Å². The molecule has 1 aliphatic rings. The number of carbonyl (C=O) groups is 1. The summed E-state index contributed by atoms with van der Waals surface area (Å²) in [4.78, 5) is 12.7. The van der Waals surface area contributed by atoms with Crippen molar-refractivity contribution in [2.45, 2.75) is 31.2 Å². The summed E-state index contributed by atoms with van der Waals surface area (Å²) in [7, 11) is -3.40. The maximum absolute atomic E-state index is 12.7. The Morgan fingerprint density at radius 1 is 1.15 bits per heavy atom. The monoisotopic (exact) mass is 436 g/mol. The Morgan fingerprint density at radius 2 is 1.88 bits per heavy atom. The SMILES string of the molecule is CS(=O)(=O)Nc1ccccc1CC(=O)NC1(c2cccc(Br)c2)CCC1. The van der Waals surface area contributed by atoms with Gasteiger partial charge in [0.15, 0.2) is 0 Å². The van der Waals surface area contributed by atoms with Gasteiger partial charge in [0, 0.05) is 4.47 Å². The number of benzene rings is 2. The molecular weight excluding hydrogens is 416 g/mol. The molecule has 5 nitrogen and oxygen atoms in total. The molecule has 1 fully saturated rings. The van der Waals surface area contributed by atoms with Gasteiger partial charge in [-0.2, -0.15) is 0 Å². The molecule has 0 unspecified atom stereocenters. The first-order valence-corrected chi connectivity index (χ1v) is 11.1. The molecule has 7 heteroatoms. The predicted octanol–water partition coefficient (Wildman–Crippen LogP) is 3.56. The van der Waals surface area contributed by atoms with Crippen molar-refractivity contribution in [3.8, 4) is 0 Å². The highest BCUT2D eigenvalue weighted by Crippen LogP contribution is 2.42. The van der Waals surface area contributed by atoms with E-state index < -0.39 is 10.0 Å². The van der Waals surface area contributed by atoms with Crippen molar-refractivity contribution in [2.24, 2.45) is 0 Å². The Balaban J connectivity index is 1.77. The van der Waals surface area contributed by atoms with Gasteiger partial charge < -0.3 is 5.32 Å². The molecular formula is C19H21BrN2O3S. The summed E-state index contributed by atoms with van der Waals surface area (Å²) in [5.41, 5.74) is 1.85. The van der Waals surface area contributed by atoms with Gasteiger partial charge in [0.05, 0.1) is 23.9 Å². The first-order chi connectivity index (χ1) is 12.3. The molecule has 2 aromatic carbocycles. The topological polar surface area (TPSA) is 75.3 Å². The van der Waals surface area contributed by atoms with E-state index in [1.807, 2.05) is 24.3 Å². The van der Waals surface area contributed by atoms with Gasteiger partial charge >= 0.3 is 0 Å². The fraction of sp³-hybridized carbons (Fsp3) is 0.316. The summed E-state index contributed by atoms with van der Waals surface area (Å²) < 4.78 is 26.5. The minimum absolute atomic E-state index is 0.118. The van der Waals surface area contributed by atoms with Gasteiger partial charge in [-0.1, -0.05) is 46.3 Å². The third-order valence-corrected chi connectivity index (χ3v) is 5.71. The van der Waals surface area contributed by atoms with Crippen LogP contribution in [-0.2, 0) is 26.8 Å². The van der Waals surface area contributed by atoms with Gasteiger partial charge in [0.1, 0.15) is 0 Å². The van der Waals surface area contributed by atoms with Crippen LogP contribution in [0.5, 0.6) is 0 Å². The number of anilines is 1. The third-order valence-electron chi connectivity index (χ3n) is 4.63.